The minimum absolute atomic E-state index is 0.271. The second-order valence-corrected chi connectivity index (χ2v) is 4.39. The lowest BCUT2D eigenvalue weighted by molar-refractivity contribution is -0.0352. The monoisotopic (exact) mass is 214 g/mol. The molecule has 1 unspecified atom stereocenters. The summed E-state index contributed by atoms with van der Waals surface area (Å²) >= 11 is 0. The van der Waals surface area contributed by atoms with Gasteiger partial charge in [0.2, 0.25) is 0 Å². The second kappa shape index (κ2) is 3.07. The number of nitrogens with one attached hydrogen (secondary N) is 1. The minimum Gasteiger partial charge on any atom is -0.440 e. The zero-order valence-electron chi connectivity index (χ0n) is 8.17. The van der Waals surface area contributed by atoms with Crippen molar-refractivity contribution in [3.63, 3.8) is 0 Å². The van der Waals surface area contributed by atoms with Crippen LogP contribution in [0.1, 0.15) is 12.8 Å². The predicted molar refractivity (Wildman–Crippen MR) is 48.9 cm³/mol. The number of fused-ring (bicyclic) bond motifs is 3. The molecule has 0 aromatic heterocycles. The van der Waals surface area contributed by atoms with Gasteiger partial charge in [0, 0.05) is 6.54 Å². The van der Waals surface area contributed by atoms with Crippen molar-refractivity contribution >= 4 is 6.09 Å². The molecule has 0 bridgehead atoms. The van der Waals surface area contributed by atoms with Crippen LogP contribution >= 0.6 is 0 Å². The molecule has 15 heavy (non-hydrogen) atoms. The van der Waals surface area contributed by atoms with Gasteiger partial charge in [0.25, 0.3) is 0 Å². The molecule has 0 aliphatic carbocycles. The van der Waals surface area contributed by atoms with Crippen LogP contribution < -0.4 is 5.32 Å². The molecule has 3 aliphatic heterocycles. The smallest absolute Gasteiger partial charge is 0.409 e. The molecule has 3 fully saturated rings. The van der Waals surface area contributed by atoms with Gasteiger partial charge in [-0.3, -0.25) is 4.90 Å². The van der Waals surface area contributed by atoms with E-state index in [2.05, 4.69) is 5.32 Å². The summed E-state index contributed by atoms with van der Waals surface area (Å²) in [6.07, 6.45) is -1.02. The van der Waals surface area contributed by atoms with Crippen LogP contribution in [0.2, 0.25) is 0 Å². The molecule has 0 spiro atoms. The molecule has 6 heteroatoms. The van der Waals surface area contributed by atoms with E-state index in [-0.39, 0.29) is 12.2 Å². The van der Waals surface area contributed by atoms with Gasteiger partial charge in [-0.2, -0.15) is 0 Å². The van der Waals surface area contributed by atoms with Gasteiger partial charge in [0.1, 0.15) is 12.3 Å². The second-order valence-electron chi connectivity index (χ2n) is 4.39. The molecule has 3 heterocycles. The first kappa shape index (κ1) is 9.38. The van der Waals surface area contributed by atoms with E-state index >= 15 is 0 Å². The van der Waals surface area contributed by atoms with Gasteiger partial charge in [-0.15, -0.1) is 0 Å². The Morgan fingerprint density at radius 1 is 1.47 bits per heavy atom. The first-order valence-corrected chi connectivity index (χ1v) is 5.27. The van der Waals surface area contributed by atoms with Gasteiger partial charge >= 0.3 is 6.09 Å². The van der Waals surface area contributed by atoms with Crippen molar-refractivity contribution < 1.29 is 19.7 Å². The van der Waals surface area contributed by atoms with E-state index < -0.39 is 24.4 Å². The summed E-state index contributed by atoms with van der Waals surface area (Å²) in [5, 5.41) is 22.4. The molecule has 5 atom stereocenters. The van der Waals surface area contributed by atoms with E-state index in [9.17, 15) is 15.0 Å². The number of ether oxygens (including phenoxy) is 1. The molecule has 3 aliphatic rings. The van der Waals surface area contributed by atoms with Gasteiger partial charge in [-0.05, 0) is 12.8 Å². The van der Waals surface area contributed by atoms with Crippen LogP contribution in [0.3, 0.4) is 0 Å². The summed E-state index contributed by atoms with van der Waals surface area (Å²) in [6, 6.07) is -0.297. The number of hydrogen-bond donors (Lipinski definition) is 3. The lowest BCUT2D eigenvalue weighted by Crippen LogP contribution is -2.53. The number of amides is 1. The molecule has 1 amide bonds. The third-order valence-corrected chi connectivity index (χ3v) is 3.56. The molecule has 3 saturated heterocycles. The highest BCUT2D eigenvalue weighted by atomic mass is 16.6. The van der Waals surface area contributed by atoms with Crippen LogP contribution in [0.5, 0.6) is 0 Å². The van der Waals surface area contributed by atoms with Crippen LogP contribution in [0, 0.1) is 0 Å². The zero-order valence-corrected chi connectivity index (χ0v) is 8.17. The molecule has 0 saturated carbocycles. The molecule has 6 nitrogen and oxygen atoms in total. The fourth-order valence-corrected chi connectivity index (χ4v) is 2.92. The number of hydrogen-bond acceptors (Lipinski definition) is 5. The summed E-state index contributed by atoms with van der Waals surface area (Å²) in [5.41, 5.74) is 0. The van der Waals surface area contributed by atoms with Crippen LogP contribution in [-0.4, -0.2) is 58.3 Å². The average Bonchev–Trinajstić information content (AvgIpc) is 2.68. The van der Waals surface area contributed by atoms with Crippen molar-refractivity contribution in [1.29, 1.82) is 0 Å². The molecule has 0 aromatic rings. The highest BCUT2D eigenvalue weighted by Crippen LogP contribution is 2.35. The summed E-state index contributed by atoms with van der Waals surface area (Å²) < 4.78 is 4.98. The zero-order chi connectivity index (χ0) is 10.6. The standard InChI is InChI=1S/C9H14N2O4/c12-4-2-1-3-11-5(4)6(13)7-8(11)10-9(14)15-7/h4-8,12-13H,1-3H2,(H,10,14)/t4-,5-,6+,7+,8?/m1/s1. The Labute approximate surface area is 86.8 Å². The first-order chi connectivity index (χ1) is 7.18. The minimum atomic E-state index is -0.788. The van der Waals surface area contributed by atoms with Gasteiger partial charge in [-0.25, -0.2) is 4.79 Å². The normalized spacial score (nSPS) is 49.5. The lowest BCUT2D eigenvalue weighted by Gasteiger charge is -2.36. The fourth-order valence-electron chi connectivity index (χ4n) is 2.92. The molecular formula is C9H14N2O4. The number of aliphatic hydroxyl groups is 2. The number of nitrogens with zero attached hydrogens (tertiary/aromatic N) is 1. The topological polar surface area (TPSA) is 82.0 Å². The Kier molecular flexibility index (Phi) is 1.92. The Morgan fingerprint density at radius 2 is 2.27 bits per heavy atom. The molecule has 3 N–H and O–H groups in total. The highest BCUT2D eigenvalue weighted by molar-refractivity contribution is 5.70. The van der Waals surface area contributed by atoms with Crippen molar-refractivity contribution in [3.05, 3.63) is 0 Å². The van der Waals surface area contributed by atoms with Crippen molar-refractivity contribution in [1.82, 2.24) is 10.2 Å². The van der Waals surface area contributed by atoms with Crippen LogP contribution in [0.4, 0.5) is 4.79 Å². The highest BCUT2D eigenvalue weighted by Gasteiger charge is 2.57. The first-order valence-electron chi connectivity index (χ1n) is 5.27. The van der Waals surface area contributed by atoms with Crippen molar-refractivity contribution in [3.8, 4) is 0 Å². The summed E-state index contributed by atoms with van der Waals surface area (Å²) in [7, 11) is 0. The van der Waals surface area contributed by atoms with Gasteiger partial charge in [-0.1, -0.05) is 0 Å². The number of alkyl carbamates (subject to hydrolysis) is 1. The number of carbonyl (C=O) groups is 1. The number of carbonyl (C=O) groups excluding carboxylic acids is 1. The SMILES string of the molecule is O=C1NC2[C@@H](O1)[C@@H](O)[C@H]1[C@H](O)CCCN21. The summed E-state index contributed by atoms with van der Waals surface area (Å²) in [6.45, 7) is 0.781. The van der Waals surface area contributed by atoms with Crippen molar-refractivity contribution in [2.24, 2.45) is 0 Å². The third kappa shape index (κ3) is 1.18. The Hall–Kier alpha value is -0.850. The number of rotatable bonds is 0. The Bertz CT molecular complexity index is 298. The van der Waals surface area contributed by atoms with E-state index in [1.165, 1.54) is 0 Å². The third-order valence-electron chi connectivity index (χ3n) is 3.56. The van der Waals surface area contributed by atoms with Crippen LogP contribution in [-0.2, 0) is 4.74 Å². The van der Waals surface area contributed by atoms with Gasteiger partial charge < -0.3 is 20.3 Å². The maximum absolute atomic E-state index is 11.0. The fraction of sp³-hybridized carbons (Fsp3) is 0.889. The van der Waals surface area contributed by atoms with Crippen LogP contribution in [0.25, 0.3) is 0 Å². The molecule has 84 valence electrons. The number of aliphatic hydroxyl groups excluding tert-OH is 2. The van der Waals surface area contributed by atoms with E-state index in [0.717, 1.165) is 13.0 Å². The maximum Gasteiger partial charge on any atom is 0.409 e. The molecule has 0 radical (unpaired) electrons. The summed E-state index contributed by atoms with van der Waals surface area (Å²) in [4.78, 5) is 13.0. The summed E-state index contributed by atoms with van der Waals surface area (Å²) in [5.74, 6) is 0. The van der Waals surface area contributed by atoms with E-state index in [1.807, 2.05) is 4.90 Å². The van der Waals surface area contributed by atoms with E-state index in [1.54, 1.807) is 0 Å². The predicted octanol–water partition coefficient (Wildman–Crippen LogP) is -1.38. The number of piperidine rings is 1. The molecular weight excluding hydrogens is 200 g/mol. The quantitative estimate of drug-likeness (QED) is 0.463. The van der Waals surface area contributed by atoms with Crippen LogP contribution in [0.15, 0.2) is 0 Å². The average molecular weight is 214 g/mol. The Morgan fingerprint density at radius 3 is 3.07 bits per heavy atom. The van der Waals surface area contributed by atoms with E-state index in [0.29, 0.717) is 6.42 Å². The van der Waals surface area contributed by atoms with Gasteiger partial charge in [0.05, 0.1) is 12.1 Å². The van der Waals surface area contributed by atoms with Crippen molar-refractivity contribution in [2.45, 2.75) is 43.4 Å². The van der Waals surface area contributed by atoms with Crippen molar-refractivity contribution in [2.75, 3.05) is 6.54 Å². The lowest BCUT2D eigenvalue weighted by atomic mass is 9.97. The molecule has 3 rings (SSSR count). The molecule has 0 aromatic carbocycles. The van der Waals surface area contributed by atoms with Gasteiger partial charge in [0.15, 0.2) is 6.10 Å². The Balaban J connectivity index is 1.88. The maximum atomic E-state index is 11.0. The van der Waals surface area contributed by atoms with E-state index in [4.69, 9.17) is 4.74 Å². The largest absolute Gasteiger partial charge is 0.440 e.